The zero-order chi connectivity index (χ0) is 18.2. The van der Waals surface area contributed by atoms with Crippen molar-refractivity contribution >= 4 is 5.69 Å². The number of nitro groups is 1. The van der Waals surface area contributed by atoms with Crippen LogP contribution in [0.25, 0.3) is 0 Å². The maximum absolute atomic E-state index is 10.6. The van der Waals surface area contributed by atoms with Gasteiger partial charge in [0.25, 0.3) is 5.69 Å². The van der Waals surface area contributed by atoms with Crippen LogP contribution in [0.4, 0.5) is 5.69 Å². The normalized spacial score (nSPS) is 13.2. The topological polar surface area (TPSA) is 105 Å². The quantitative estimate of drug-likeness (QED) is 0.366. The summed E-state index contributed by atoms with van der Waals surface area (Å²) in [6, 6.07) is 12.3. The fourth-order valence-corrected chi connectivity index (χ4v) is 2.33. The van der Waals surface area contributed by atoms with Gasteiger partial charge in [-0.25, -0.2) is 0 Å². The highest BCUT2D eigenvalue weighted by atomic mass is 16.6. The molecule has 0 spiro atoms. The summed E-state index contributed by atoms with van der Waals surface area (Å²) < 4.78 is 5.53. The van der Waals surface area contributed by atoms with Gasteiger partial charge in [-0.15, -0.1) is 0 Å². The number of phenolic OH excluding ortho intramolecular Hbond substituents is 1. The second-order valence-corrected chi connectivity index (χ2v) is 5.73. The number of rotatable bonds is 9. The maximum atomic E-state index is 10.6. The van der Waals surface area contributed by atoms with Crippen molar-refractivity contribution in [2.24, 2.45) is 0 Å². The van der Waals surface area contributed by atoms with E-state index in [0.717, 1.165) is 12.0 Å². The van der Waals surface area contributed by atoms with E-state index in [0.29, 0.717) is 18.9 Å². The molecule has 2 rings (SSSR count). The van der Waals surface area contributed by atoms with Gasteiger partial charge >= 0.3 is 0 Å². The molecule has 0 saturated heterocycles. The number of nitrogens with zero attached hydrogens (tertiary/aromatic N) is 1. The molecule has 0 fully saturated rings. The van der Waals surface area contributed by atoms with Crippen molar-refractivity contribution in [3.8, 4) is 11.5 Å². The first-order chi connectivity index (χ1) is 12.0. The van der Waals surface area contributed by atoms with Crippen molar-refractivity contribution in [2.75, 3.05) is 13.2 Å². The van der Waals surface area contributed by atoms with Crippen molar-refractivity contribution in [3.63, 3.8) is 0 Å². The van der Waals surface area contributed by atoms with Crippen LogP contribution in [0.2, 0.25) is 0 Å². The predicted molar refractivity (Wildman–Crippen MR) is 93.7 cm³/mol. The van der Waals surface area contributed by atoms with Gasteiger partial charge in [0.2, 0.25) is 0 Å². The lowest BCUT2D eigenvalue weighted by molar-refractivity contribution is -0.384. The van der Waals surface area contributed by atoms with Crippen molar-refractivity contribution < 1.29 is 19.9 Å². The second-order valence-electron chi connectivity index (χ2n) is 5.73. The molecule has 0 aromatic heterocycles. The van der Waals surface area contributed by atoms with E-state index in [1.165, 1.54) is 12.1 Å². The molecule has 2 atom stereocenters. The number of aromatic hydroxyl groups is 1. The molecule has 0 aliphatic carbocycles. The number of ether oxygens (including phenoxy) is 1. The number of non-ortho nitro benzene ring substituents is 1. The second kappa shape index (κ2) is 9.00. The average molecular weight is 346 g/mol. The van der Waals surface area contributed by atoms with Crippen LogP contribution in [0.1, 0.15) is 25.0 Å². The summed E-state index contributed by atoms with van der Waals surface area (Å²) in [5.41, 5.74) is 0.769. The number of hydrogen-bond acceptors (Lipinski definition) is 6. The molecule has 134 valence electrons. The molecule has 25 heavy (non-hydrogen) atoms. The molecule has 2 aromatic carbocycles. The molecule has 7 heteroatoms. The third kappa shape index (κ3) is 5.74. The van der Waals surface area contributed by atoms with Crippen LogP contribution in [-0.4, -0.2) is 34.3 Å². The first kappa shape index (κ1) is 18.7. The Hall–Kier alpha value is -2.64. The Morgan fingerprint density at radius 1 is 1.16 bits per heavy atom. The van der Waals surface area contributed by atoms with Crippen molar-refractivity contribution in [3.05, 3.63) is 64.2 Å². The van der Waals surface area contributed by atoms with Crippen LogP contribution in [-0.2, 0) is 0 Å². The fraction of sp³-hybridized carbons (Fsp3) is 0.333. The molecule has 0 heterocycles. The molecule has 0 amide bonds. The molecule has 0 unspecified atom stereocenters. The third-order valence-electron chi connectivity index (χ3n) is 3.81. The van der Waals surface area contributed by atoms with Gasteiger partial charge in [0.1, 0.15) is 11.5 Å². The Morgan fingerprint density at radius 2 is 1.80 bits per heavy atom. The van der Waals surface area contributed by atoms with E-state index < -0.39 is 11.0 Å². The lowest BCUT2D eigenvalue weighted by atomic mass is 10.0. The lowest BCUT2D eigenvalue weighted by Crippen LogP contribution is -2.33. The molecule has 7 nitrogen and oxygen atoms in total. The van der Waals surface area contributed by atoms with Crippen LogP contribution < -0.4 is 10.1 Å². The molecule has 0 saturated carbocycles. The fourth-order valence-electron chi connectivity index (χ4n) is 2.33. The third-order valence-corrected chi connectivity index (χ3v) is 3.81. The maximum Gasteiger partial charge on any atom is 0.269 e. The van der Waals surface area contributed by atoms with E-state index >= 15 is 0 Å². The highest BCUT2D eigenvalue weighted by Gasteiger charge is 2.15. The van der Waals surface area contributed by atoms with Crippen LogP contribution in [0.5, 0.6) is 11.5 Å². The van der Waals surface area contributed by atoms with Gasteiger partial charge in [-0.3, -0.25) is 10.1 Å². The Balaban J connectivity index is 1.68. The van der Waals surface area contributed by atoms with Crippen molar-refractivity contribution in [2.45, 2.75) is 25.5 Å². The SMILES string of the molecule is C[C@H](NCCCOc1ccc([N+](=O)[O-])cc1)[C@H](O)c1ccc(O)cc1. The number of benzene rings is 2. The zero-order valence-corrected chi connectivity index (χ0v) is 14.0. The van der Waals surface area contributed by atoms with E-state index in [9.17, 15) is 20.3 Å². The summed E-state index contributed by atoms with van der Waals surface area (Å²) in [7, 11) is 0. The molecule has 0 radical (unpaired) electrons. The number of phenols is 1. The summed E-state index contributed by atoms with van der Waals surface area (Å²) in [5, 5.41) is 33.3. The molecule has 2 aromatic rings. The molecular formula is C18H22N2O5. The van der Waals surface area contributed by atoms with Crippen molar-refractivity contribution in [1.29, 1.82) is 0 Å². The minimum absolute atomic E-state index is 0.0334. The average Bonchev–Trinajstić information content (AvgIpc) is 2.61. The Labute approximate surface area is 146 Å². The molecule has 0 bridgehead atoms. The van der Waals surface area contributed by atoms with Gasteiger partial charge in [-0.05, 0) is 49.7 Å². The van der Waals surface area contributed by atoms with Gasteiger partial charge in [0.05, 0.1) is 17.6 Å². The van der Waals surface area contributed by atoms with E-state index in [-0.39, 0.29) is 17.5 Å². The molecule has 3 N–H and O–H groups in total. The summed E-state index contributed by atoms with van der Waals surface area (Å²) in [4.78, 5) is 10.1. The summed E-state index contributed by atoms with van der Waals surface area (Å²) in [6.07, 6.45) is 0.0556. The largest absolute Gasteiger partial charge is 0.508 e. The van der Waals surface area contributed by atoms with Crippen LogP contribution in [0.3, 0.4) is 0 Å². The zero-order valence-electron chi connectivity index (χ0n) is 14.0. The van der Waals surface area contributed by atoms with Gasteiger partial charge < -0.3 is 20.3 Å². The van der Waals surface area contributed by atoms with E-state index in [2.05, 4.69) is 5.32 Å². The summed E-state index contributed by atoms with van der Waals surface area (Å²) in [5.74, 6) is 0.753. The van der Waals surface area contributed by atoms with Crippen LogP contribution in [0.15, 0.2) is 48.5 Å². The molecule has 0 aliphatic rings. The highest BCUT2D eigenvalue weighted by Crippen LogP contribution is 2.20. The predicted octanol–water partition coefficient (Wildman–Crippen LogP) is 2.78. The van der Waals surface area contributed by atoms with E-state index in [1.54, 1.807) is 36.4 Å². The van der Waals surface area contributed by atoms with Crippen LogP contribution >= 0.6 is 0 Å². The smallest absolute Gasteiger partial charge is 0.269 e. The number of nitrogens with one attached hydrogen (secondary N) is 1. The van der Waals surface area contributed by atoms with E-state index in [4.69, 9.17) is 4.74 Å². The number of aliphatic hydroxyl groups is 1. The van der Waals surface area contributed by atoms with Gasteiger partial charge in [-0.2, -0.15) is 0 Å². The first-order valence-electron chi connectivity index (χ1n) is 8.05. The number of hydrogen-bond donors (Lipinski definition) is 3. The Morgan fingerprint density at radius 3 is 2.40 bits per heavy atom. The Bertz CT molecular complexity index is 673. The van der Waals surface area contributed by atoms with E-state index in [1.807, 2.05) is 6.92 Å². The van der Waals surface area contributed by atoms with Gasteiger partial charge in [-0.1, -0.05) is 12.1 Å². The summed E-state index contributed by atoms with van der Waals surface area (Å²) >= 11 is 0. The van der Waals surface area contributed by atoms with Crippen LogP contribution in [0, 0.1) is 10.1 Å². The first-order valence-corrected chi connectivity index (χ1v) is 8.05. The lowest BCUT2D eigenvalue weighted by Gasteiger charge is -2.20. The number of aliphatic hydroxyl groups excluding tert-OH is 1. The molecule has 0 aliphatic heterocycles. The number of nitro benzene ring substituents is 1. The summed E-state index contributed by atoms with van der Waals surface area (Å²) in [6.45, 7) is 3.00. The Kier molecular flexibility index (Phi) is 6.73. The minimum atomic E-state index is -0.670. The minimum Gasteiger partial charge on any atom is -0.508 e. The monoisotopic (exact) mass is 346 g/mol. The van der Waals surface area contributed by atoms with Crippen molar-refractivity contribution in [1.82, 2.24) is 5.32 Å². The van der Waals surface area contributed by atoms with Gasteiger partial charge in [0.15, 0.2) is 0 Å². The highest BCUT2D eigenvalue weighted by molar-refractivity contribution is 5.35. The molecular weight excluding hydrogens is 324 g/mol. The standard InChI is InChI=1S/C18H22N2O5/c1-13(18(22)14-3-7-16(21)8-4-14)19-11-2-12-25-17-9-5-15(6-10-17)20(23)24/h3-10,13,18-19,21-22H,2,11-12H2,1H3/t13-,18-/m0/s1. The van der Waals surface area contributed by atoms with Gasteiger partial charge in [0, 0.05) is 18.2 Å².